The fourth-order valence-electron chi connectivity index (χ4n) is 2.69. The fraction of sp³-hybridized carbons (Fsp3) is 0.630. The van der Waals surface area contributed by atoms with Crippen LogP contribution >= 0.6 is 0 Å². The predicted octanol–water partition coefficient (Wildman–Crippen LogP) is 7.72. The second-order valence-corrected chi connectivity index (χ2v) is 14.5. The summed E-state index contributed by atoms with van der Waals surface area (Å²) in [7, 11) is -1.62. The summed E-state index contributed by atoms with van der Waals surface area (Å²) in [6, 6.07) is 3.77. The first-order valence-electron chi connectivity index (χ1n) is 11.9. The lowest BCUT2D eigenvalue weighted by Crippen LogP contribution is -2.40. The molecule has 1 N–H and O–H groups in total. The zero-order valence-corrected chi connectivity index (χ0v) is 21.7. The molecular formula is C27H44O3Si. The first-order valence-corrected chi connectivity index (χ1v) is 14.8. The molecule has 0 aliphatic rings. The summed E-state index contributed by atoms with van der Waals surface area (Å²) in [6.07, 6.45) is 16.2. The van der Waals surface area contributed by atoms with E-state index in [-0.39, 0.29) is 5.04 Å². The number of rotatable bonds is 13. The Balaban J connectivity index is 2.28. The number of furan rings is 1. The molecule has 0 radical (unpaired) electrons. The Morgan fingerprint density at radius 3 is 2.48 bits per heavy atom. The fourth-order valence-corrected chi connectivity index (χ4v) is 3.77. The van der Waals surface area contributed by atoms with Crippen LogP contribution in [0.3, 0.4) is 0 Å². The van der Waals surface area contributed by atoms with Gasteiger partial charge in [0.25, 0.3) is 0 Å². The molecule has 1 unspecified atom stereocenters. The predicted molar refractivity (Wildman–Crippen MR) is 136 cm³/mol. The standard InChI is InChI=1S/C27H44O3Si/c1-7-8-9-10-11-14-17-24(28)19-20-26-22-21-25(30-26)18-15-12-13-16-23-29-31(5,6)27(2,3)4/h11,14-15,18,21-22,24,28H,7-10,12-13,16-17,23H2,1-6H3. The van der Waals surface area contributed by atoms with E-state index in [4.69, 9.17) is 8.84 Å². The number of hydrogen-bond acceptors (Lipinski definition) is 3. The third-order valence-electron chi connectivity index (χ3n) is 5.81. The van der Waals surface area contributed by atoms with Crippen LogP contribution < -0.4 is 0 Å². The van der Waals surface area contributed by atoms with Crippen molar-refractivity contribution in [3.63, 3.8) is 0 Å². The molecule has 1 rings (SSSR count). The van der Waals surface area contributed by atoms with Crippen molar-refractivity contribution in [2.75, 3.05) is 6.61 Å². The molecule has 1 aromatic heterocycles. The van der Waals surface area contributed by atoms with Crippen molar-refractivity contribution < 1.29 is 13.9 Å². The summed E-state index contributed by atoms with van der Waals surface area (Å²) in [4.78, 5) is 0. The van der Waals surface area contributed by atoms with Crippen LogP contribution in [0.1, 0.15) is 90.6 Å². The maximum atomic E-state index is 9.97. The average molecular weight is 445 g/mol. The molecule has 0 aromatic carbocycles. The van der Waals surface area contributed by atoms with Gasteiger partial charge in [0.05, 0.1) is 0 Å². The molecule has 0 bridgehead atoms. The lowest BCUT2D eigenvalue weighted by atomic mass is 10.1. The molecule has 31 heavy (non-hydrogen) atoms. The van der Waals surface area contributed by atoms with Crippen molar-refractivity contribution in [1.29, 1.82) is 0 Å². The van der Waals surface area contributed by atoms with Crippen LogP contribution in [0.4, 0.5) is 0 Å². The van der Waals surface area contributed by atoms with Crippen LogP contribution in [0.25, 0.3) is 6.08 Å². The topological polar surface area (TPSA) is 42.6 Å². The molecule has 1 heterocycles. The highest BCUT2D eigenvalue weighted by Crippen LogP contribution is 2.36. The van der Waals surface area contributed by atoms with E-state index in [9.17, 15) is 5.11 Å². The third-order valence-corrected chi connectivity index (χ3v) is 10.3. The third kappa shape index (κ3) is 12.2. The van der Waals surface area contributed by atoms with Crippen molar-refractivity contribution in [2.24, 2.45) is 0 Å². The van der Waals surface area contributed by atoms with Gasteiger partial charge in [0.1, 0.15) is 11.9 Å². The number of allylic oxidation sites excluding steroid dienone is 2. The Morgan fingerprint density at radius 2 is 1.77 bits per heavy atom. The maximum absolute atomic E-state index is 9.97. The molecule has 0 aliphatic carbocycles. The average Bonchev–Trinajstić information content (AvgIpc) is 3.15. The lowest BCUT2D eigenvalue weighted by Gasteiger charge is -2.36. The molecule has 0 fully saturated rings. The van der Waals surface area contributed by atoms with E-state index < -0.39 is 14.4 Å². The van der Waals surface area contributed by atoms with Crippen molar-refractivity contribution in [3.8, 4) is 11.8 Å². The van der Waals surface area contributed by atoms with E-state index in [1.807, 2.05) is 24.3 Å². The van der Waals surface area contributed by atoms with Crippen molar-refractivity contribution in [1.82, 2.24) is 0 Å². The molecule has 1 atom stereocenters. The van der Waals surface area contributed by atoms with Gasteiger partial charge in [-0.25, -0.2) is 0 Å². The highest BCUT2D eigenvalue weighted by atomic mass is 28.4. The quantitative estimate of drug-likeness (QED) is 0.146. The molecule has 3 nitrogen and oxygen atoms in total. The largest absolute Gasteiger partial charge is 0.448 e. The van der Waals surface area contributed by atoms with E-state index in [0.717, 1.165) is 38.1 Å². The van der Waals surface area contributed by atoms with Gasteiger partial charge in [0.2, 0.25) is 0 Å². The van der Waals surface area contributed by atoms with Gasteiger partial charge in [0.15, 0.2) is 14.1 Å². The molecule has 4 heteroatoms. The Labute approximate surface area is 192 Å². The van der Waals surface area contributed by atoms with Crippen molar-refractivity contribution >= 4 is 14.4 Å². The van der Waals surface area contributed by atoms with Crippen LogP contribution in [-0.4, -0.2) is 26.1 Å². The SMILES string of the molecule is CCCCCC=CCC(O)C#Cc1ccc(C=CCCCCO[Si](C)(C)C(C)(C)C)o1. The number of hydrogen-bond donors (Lipinski definition) is 1. The Bertz CT molecular complexity index is 726. The molecule has 1 aromatic rings. The molecule has 0 saturated carbocycles. The van der Waals surface area contributed by atoms with Crippen molar-refractivity contribution in [2.45, 2.75) is 103 Å². The summed E-state index contributed by atoms with van der Waals surface area (Å²) in [6.45, 7) is 14.5. The minimum absolute atomic E-state index is 0.272. The monoisotopic (exact) mass is 444 g/mol. The van der Waals surface area contributed by atoms with Gasteiger partial charge in [0, 0.05) is 13.0 Å². The number of unbranched alkanes of at least 4 members (excludes halogenated alkanes) is 5. The summed E-state index contributed by atoms with van der Waals surface area (Å²) < 4.78 is 11.9. The van der Waals surface area contributed by atoms with Gasteiger partial charge in [-0.1, -0.05) is 64.7 Å². The zero-order chi connectivity index (χ0) is 23.2. The van der Waals surface area contributed by atoms with Gasteiger partial charge >= 0.3 is 0 Å². The minimum Gasteiger partial charge on any atom is -0.448 e. The van der Waals surface area contributed by atoms with Crippen molar-refractivity contribution in [3.05, 3.63) is 41.9 Å². The minimum atomic E-state index is -1.62. The summed E-state index contributed by atoms with van der Waals surface area (Å²) in [5.74, 6) is 7.17. The molecule has 0 aliphatic heterocycles. The first-order chi connectivity index (χ1) is 14.7. The summed E-state index contributed by atoms with van der Waals surface area (Å²) in [5, 5.41) is 10.2. The highest BCUT2D eigenvalue weighted by molar-refractivity contribution is 6.74. The second kappa shape index (κ2) is 14.5. The smallest absolute Gasteiger partial charge is 0.191 e. The maximum Gasteiger partial charge on any atom is 0.191 e. The van der Waals surface area contributed by atoms with Crippen LogP contribution in [0, 0.1) is 11.8 Å². The van der Waals surface area contributed by atoms with E-state index >= 15 is 0 Å². The highest BCUT2D eigenvalue weighted by Gasteiger charge is 2.36. The normalized spacial score (nSPS) is 13.6. The van der Waals surface area contributed by atoms with Crippen LogP contribution in [0.2, 0.25) is 18.1 Å². The molecule has 0 spiro atoms. The van der Waals surface area contributed by atoms with Gasteiger partial charge in [-0.2, -0.15) is 0 Å². The molecular weight excluding hydrogens is 400 g/mol. The van der Waals surface area contributed by atoms with Crippen LogP contribution in [0.5, 0.6) is 0 Å². The van der Waals surface area contributed by atoms with Crippen LogP contribution in [-0.2, 0) is 4.43 Å². The summed E-state index contributed by atoms with van der Waals surface area (Å²) >= 11 is 0. The number of aliphatic hydroxyl groups is 1. The van der Waals surface area contributed by atoms with E-state index in [1.165, 1.54) is 19.3 Å². The van der Waals surface area contributed by atoms with Gasteiger partial charge in [-0.3, -0.25) is 0 Å². The zero-order valence-electron chi connectivity index (χ0n) is 20.7. The Hall–Kier alpha value is -1.54. The van der Waals surface area contributed by atoms with Gasteiger partial charge in [-0.05, 0) is 74.4 Å². The van der Waals surface area contributed by atoms with E-state index in [0.29, 0.717) is 12.2 Å². The molecule has 174 valence electrons. The second-order valence-electron chi connectivity index (χ2n) is 9.70. The van der Waals surface area contributed by atoms with E-state index in [2.05, 4.69) is 64.8 Å². The Morgan fingerprint density at radius 1 is 1.06 bits per heavy atom. The Kier molecular flexibility index (Phi) is 12.9. The lowest BCUT2D eigenvalue weighted by molar-refractivity contribution is 0.236. The number of aliphatic hydroxyl groups excluding tert-OH is 1. The van der Waals surface area contributed by atoms with Gasteiger partial charge < -0.3 is 13.9 Å². The molecule has 0 saturated heterocycles. The van der Waals surface area contributed by atoms with Crippen LogP contribution in [0.15, 0.2) is 34.8 Å². The van der Waals surface area contributed by atoms with E-state index in [1.54, 1.807) is 0 Å². The summed E-state index contributed by atoms with van der Waals surface area (Å²) in [5.41, 5.74) is 0. The molecule has 0 amide bonds. The first kappa shape index (κ1) is 27.5. The van der Waals surface area contributed by atoms with Gasteiger partial charge in [-0.15, -0.1) is 0 Å².